The van der Waals surface area contributed by atoms with Crippen molar-refractivity contribution in [1.29, 1.82) is 0 Å². The summed E-state index contributed by atoms with van der Waals surface area (Å²) in [6.07, 6.45) is 5.86. The molecule has 0 saturated heterocycles. The van der Waals surface area contributed by atoms with Crippen LogP contribution in [-0.2, 0) is 15.6 Å². The molecule has 0 heterocycles. The topological polar surface area (TPSA) is 55.8 Å². The van der Waals surface area contributed by atoms with Crippen LogP contribution in [0.4, 0.5) is 0 Å². The number of methoxy groups -OCH3 is 1. The summed E-state index contributed by atoms with van der Waals surface area (Å²) in [4.78, 5) is 12.4. The highest BCUT2D eigenvalue weighted by molar-refractivity contribution is 5.90. The molecule has 1 saturated carbocycles. The lowest BCUT2D eigenvalue weighted by atomic mass is 9.69. The molecule has 1 fully saturated rings. The number of hydrogen-bond donors (Lipinski definition) is 1. The van der Waals surface area contributed by atoms with Crippen LogP contribution in [0.2, 0.25) is 0 Å². The Bertz CT molecular complexity index is 607. The maximum Gasteiger partial charge on any atom is 0.338 e. The zero-order valence-electron chi connectivity index (χ0n) is 16.3. The van der Waals surface area contributed by atoms with E-state index < -0.39 is 0 Å². The lowest BCUT2D eigenvalue weighted by Gasteiger charge is -2.37. The van der Waals surface area contributed by atoms with Crippen molar-refractivity contribution in [2.24, 2.45) is 0 Å². The zero-order valence-corrected chi connectivity index (χ0v) is 16.3. The molecule has 1 aliphatic carbocycles. The summed E-state index contributed by atoms with van der Waals surface area (Å²) in [5.41, 5.74) is 2.53. The van der Waals surface area contributed by atoms with Crippen LogP contribution in [0.15, 0.2) is 12.1 Å². The van der Waals surface area contributed by atoms with E-state index >= 15 is 0 Å². The van der Waals surface area contributed by atoms with Gasteiger partial charge in [0.15, 0.2) is 0 Å². The molecule has 1 N–H and O–H groups in total. The highest BCUT2D eigenvalue weighted by Crippen LogP contribution is 2.46. The Morgan fingerprint density at radius 2 is 1.84 bits per heavy atom. The smallest absolute Gasteiger partial charge is 0.338 e. The van der Waals surface area contributed by atoms with Crippen LogP contribution in [0, 0.1) is 0 Å². The summed E-state index contributed by atoms with van der Waals surface area (Å²) in [5, 5.41) is 8.93. The van der Waals surface area contributed by atoms with Gasteiger partial charge in [0.05, 0.1) is 19.3 Å². The van der Waals surface area contributed by atoms with E-state index in [0.29, 0.717) is 5.56 Å². The molecule has 0 unspecified atom stereocenters. The Kier molecular flexibility index (Phi) is 6.15. The van der Waals surface area contributed by atoms with Crippen molar-refractivity contribution in [2.45, 2.75) is 70.6 Å². The number of carbonyl (C=O) groups is 1. The van der Waals surface area contributed by atoms with Crippen molar-refractivity contribution in [2.75, 3.05) is 20.3 Å². The number of rotatable bonds is 5. The second-order valence-corrected chi connectivity index (χ2v) is 8.34. The minimum absolute atomic E-state index is 0.0108. The third-order valence-corrected chi connectivity index (χ3v) is 5.27. The lowest BCUT2D eigenvalue weighted by Crippen LogP contribution is -2.28. The monoisotopic (exact) mass is 348 g/mol. The average molecular weight is 348 g/mol. The molecule has 1 aliphatic rings. The maximum absolute atomic E-state index is 12.4. The van der Waals surface area contributed by atoms with Gasteiger partial charge in [-0.05, 0) is 35.8 Å². The number of benzene rings is 1. The van der Waals surface area contributed by atoms with Crippen LogP contribution in [0.1, 0.15) is 81.3 Å². The van der Waals surface area contributed by atoms with Crippen molar-refractivity contribution < 1.29 is 19.4 Å². The Hall–Kier alpha value is -1.55. The average Bonchev–Trinajstić information content (AvgIpc) is 2.58. The van der Waals surface area contributed by atoms with Gasteiger partial charge in [0.2, 0.25) is 0 Å². The fraction of sp³-hybridized carbons (Fsp3) is 0.667. The number of carbonyl (C=O) groups excluding carboxylic acids is 1. The predicted octanol–water partition coefficient (Wildman–Crippen LogP) is 4.36. The van der Waals surface area contributed by atoms with E-state index in [1.165, 1.54) is 19.3 Å². The first-order valence-corrected chi connectivity index (χ1v) is 9.24. The van der Waals surface area contributed by atoms with Crippen LogP contribution in [0.5, 0.6) is 5.75 Å². The lowest BCUT2D eigenvalue weighted by molar-refractivity contribution is 0.0433. The van der Waals surface area contributed by atoms with Gasteiger partial charge in [0, 0.05) is 11.1 Å². The second-order valence-electron chi connectivity index (χ2n) is 8.34. The molecule has 1 aromatic carbocycles. The molecule has 0 atom stereocenters. The molecule has 0 bridgehead atoms. The molecule has 0 amide bonds. The molecule has 140 valence electrons. The molecule has 0 aliphatic heterocycles. The normalized spacial score (nSPS) is 17.2. The highest BCUT2D eigenvalue weighted by atomic mass is 16.5. The van der Waals surface area contributed by atoms with Crippen molar-refractivity contribution in [3.63, 3.8) is 0 Å². The standard InChI is InChI=1S/C21H32O4/c1-20(2,3)16-13-15(19(23)25-12-11-22)14-17(18(16)24-5)21(4)9-7-6-8-10-21/h13-14,22H,6-12H2,1-5H3. The van der Waals surface area contributed by atoms with Gasteiger partial charge in [-0.2, -0.15) is 0 Å². The number of hydrogen-bond acceptors (Lipinski definition) is 4. The maximum atomic E-state index is 12.4. The highest BCUT2D eigenvalue weighted by Gasteiger charge is 2.35. The first-order chi connectivity index (χ1) is 11.7. The van der Waals surface area contributed by atoms with Gasteiger partial charge in [0.25, 0.3) is 0 Å². The molecule has 1 aromatic rings. The van der Waals surface area contributed by atoms with E-state index in [1.54, 1.807) is 7.11 Å². The third-order valence-electron chi connectivity index (χ3n) is 5.27. The predicted molar refractivity (Wildman–Crippen MR) is 99.5 cm³/mol. The van der Waals surface area contributed by atoms with Gasteiger partial charge in [0.1, 0.15) is 12.4 Å². The van der Waals surface area contributed by atoms with Gasteiger partial charge in [-0.25, -0.2) is 4.79 Å². The second kappa shape index (κ2) is 7.77. The summed E-state index contributed by atoms with van der Waals surface area (Å²) >= 11 is 0. The van der Waals surface area contributed by atoms with Crippen LogP contribution in [0.25, 0.3) is 0 Å². The Balaban J connectivity index is 2.60. The van der Waals surface area contributed by atoms with Gasteiger partial charge in [-0.15, -0.1) is 0 Å². The Morgan fingerprint density at radius 1 is 1.20 bits per heavy atom. The van der Waals surface area contributed by atoms with E-state index in [4.69, 9.17) is 14.6 Å². The molecule has 25 heavy (non-hydrogen) atoms. The van der Waals surface area contributed by atoms with Gasteiger partial charge >= 0.3 is 5.97 Å². The fourth-order valence-corrected chi connectivity index (χ4v) is 3.80. The van der Waals surface area contributed by atoms with E-state index in [0.717, 1.165) is 29.7 Å². The molecule has 4 heteroatoms. The van der Waals surface area contributed by atoms with Crippen LogP contribution >= 0.6 is 0 Å². The summed E-state index contributed by atoms with van der Waals surface area (Å²) in [7, 11) is 1.71. The Labute approximate surface area is 151 Å². The van der Waals surface area contributed by atoms with Crippen LogP contribution in [0.3, 0.4) is 0 Å². The quantitative estimate of drug-likeness (QED) is 0.803. The third kappa shape index (κ3) is 4.35. The number of esters is 1. The summed E-state index contributed by atoms with van der Waals surface area (Å²) < 4.78 is 11.0. The first kappa shape index (κ1) is 19.8. The van der Waals surface area contributed by atoms with E-state index in [1.807, 2.05) is 12.1 Å². The van der Waals surface area contributed by atoms with Crippen molar-refractivity contribution in [3.05, 3.63) is 28.8 Å². The molecule has 4 nitrogen and oxygen atoms in total. The van der Waals surface area contributed by atoms with Crippen molar-refractivity contribution in [3.8, 4) is 5.75 Å². The summed E-state index contributed by atoms with van der Waals surface area (Å²) in [5.74, 6) is 0.512. The van der Waals surface area contributed by atoms with Crippen LogP contribution < -0.4 is 4.74 Å². The van der Waals surface area contributed by atoms with Crippen molar-refractivity contribution in [1.82, 2.24) is 0 Å². The van der Waals surface area contributed by atoms with Crippen LogP contribution in [-0.4, -0.2) is 31.4 Å². The SMILES string of the molecule is COc1c(C(C)(C)C)cc(C(=O)OCCO)cc1C1(C)CCCCC1. The Morgan fingerprint density at radius 3 is 2.36 bits per heavy atom. The molecule has 0 spiro atoms. The van der Waals surface area contributed by atoms with E-state index in [2.05, 4.69) is 27.7 Å². The number of aliphatic hydroxyl groups is 1. The number of aliphatic hydroxyl groups excluding tert-OH is 1. The first-order valence-electron chi connectivity index (χ1n) is 9.24. The van der Waals surface area contributed by atoms with Crippen molar-refractivity contribution >= 4 is 5.97 Å². The van der Waals surface area contributed by atoms with Gasteiger partial charge < -0.3 is 14.6 Å². The number of ether oxygens (including phenoxy) is 2. The van der Waals surface area contributed by atoms with Gasteiger partial charge in [-0.3, -0.25) is 0 Å². The summed E-state index contributed by atoms with van der Waals surface area (Å²) in [6, 6.07) is 3.83. The minimum atomic E-state index is -0.386. The minimum Gasteiger partial charge on any atom is -0.496 e. The largest absolute Gasteiger partial charge is 0.496 e. The van der Waals surface area contributed by atoms with E-state index in [9.17, 15) is 4.79 Å². The fourth-order valence-electron chi connectivity index (χ4n) is 3.80. The molecule has 0 aromatic heterocycles. The summed E-state index contributed by atoms with van der Waals surface area (Å²) in [6.45, 7) is 8.50. The molecular formula is C21H32O4. The molecular weight excluding hydrogens is 316 g/mol. The van der Waals surface area contributed by atoms with E-state index in [-0.39, 0.29) is 30.0 Å². The molecule has 2 rings (SSSR count). The zero-order chi connectivity index (χ0) is 18.7. The van der Waals surface area contributed by atoms with Gasteiger partial charge in [-0.1, -0.05) is 47.0 Å². The molecule has 0 radical (unpaired) electrons.